The summed E-state index contributed by atoms with van der Waals surface area (Å²) in [7, 11) is 0. The van der Waals surface area contributed by atoms with Gasteiger partial charge in [0, 0.05) is 0 Å². The van der Waals surface area contributed by atoms with Gasteiger partial charge in [0.1, 0.15) is 0 Å². The maximum atomic E-state index is 10.7. The van der Waals surface area contributed by atoms with Gasteiger partial charge >= 0.3 is 0 Å². The van der Waals surface area contributed by atoms with Crippen LogP contribution in [-0.2, 0) is 4.79 Å². The van der Waals surface area contributed by atoms with Crippen LogP contribution in [-0.4, -0.2) is 10.9 Å². The van der Waals surface area contributed by atoms with E-state index < -0.39 is 0 Å². The van der Waals surface area contributed by atoms with Crippen molar-refractivity contribution in [2.24, 2.45) is 0 Å². The fourth-order valence-corrected chi connectivity index (χ4v) is 0.735. The highest BCUT2D eigenvalue weighted by Crippen LogP contribution is 2.10. The minimum atomic E-state index is -0.249. The first kappa shape index (κ1) is 6.08. The molecule has 0 bridgehead atoms. The Hall–Kier alpha value is -1.05. The predicted molar refractivity (Wildman–Crippen MR) is 34.1 cm³/mol. The smallest absolute Gasteiger partial charge is 0.222 e. The van der Waals surface area contributed by atoms with Gasteiger partial charge in [-0.3, -0.25) is 4.79 Å². The Morgan fingerprint density at radius 2 is 2.22 bits per heavy atom. The first-order valence-corrected chi connectivity index (χ1v) is 2.82. The van der Waals surface area contributed by atoms with Crippen LogP contribution in [0.4, 0.5) is 0 Å². The van der Waals surface area contributed by atoms with Crippen LogP contribution in [0.1, 0.15) is 13.3 Å². The Labute approximate surface area is 53.5 Å². The van der Waals surface area contributed by atoms with Gasteiger partial charge in [-0.2, -0.15) is 0 Å². The number of hydrogen-bond acceptors (Lipinski definition) is 2. The lowest BCUT2D eigenvalue weighted by Crippen LogP contribution is -2.06. The minimum Gasteiger partial charge on any atom is -0.504 e. The number of aliphatic hydroxyl groups is 1. The van der Waals surface area contributed by atoms with Crippen molar-refractivity contribution in [1.29, 1.82) is 0 Å². The number of carbonyl (C=O) groups excluding carboxylic acids is 1. The van der Waals surface area contributed by atoms with E-state index in [1.54, 1.807) is 13.0 Å². The Bertz CT molecular complexity index is 179. The largest absolute Gasteiger partial charge is 0.504 e. The summed E-state index contributed by atoms with van der Waals surface area (Å²) in [5.74, 6) is -0.365. The van der Waals surface area contributed by atoms with Crippen molar-refractivity contribution in [2.45, 2.75) is 13.3 Å². The summed E-state index contributed by atoms with van der Waals surface area (Å²) in [6.45, 7) is 1.70. The number of aliphatic hydroxyl groups excluding tert-OH is 1. The highest BCUT2D eigenvalue weighted by molar-refractivity contribution is 6.06. The predicted octanol–water partition coefficient (Wildman–Crippen LogP) is 1.35. The second kappa shape index (κ2) is 2.05. The molecular weight excluding hydrogens is 116 g/mol. The summed E-state index contributed by atoms with van der Waals surface area (Å²) in [5.41, 5.74) is 0.634. The van der Waals surface area contributed by atoms with E-state index in [9.17, 15) is 4.79 Å². The van der Waals surface area contributed by atoms with Gasteiger partial charge in [0.25, 0.3) is 0 Å². The zero-order chi connectivity index (χ0) is 6.85. The minimum absolute atomic E-state index is 0.116. The van der Waals surface area contributed by atoms with Crippen LogP contribution in [0.2, 0.25) is 0 Å². The number of allylic oxidation sites excluding steroid dienone is 3. The summed E-state index contributed by atoms with van der Waals surface area (Å²) in [5, 5.41) is 8.82. The monoisotopic (exact) mass is 124 g/mol. The first-order valence-electron chi connectivity index (χ1n) is 2.82. The Kier molecular flexibility index (Phi) is 1.39. The van der Waals surface area contributed by atoms with E-state index in [0.717, 1.165) is 0 Å². The molecule has 0 radical (unpaired) electrons. The average molecular weight is 124 g/mol. The summed E-state index contributed by atoms with van der Waals surface area (Å²) >= 11 is 0. The molecule has 1 aliphatic carbocycles. The van der Waals surface area contributed by atoms with Gasteiger partial charge in [-0.1, -0.05) is 6.08 Å². The molecule has 0 saturated heterocycles. The van der Waals surface area contributed by atoms with Gasteiger partial charge in [0.2, 0.25) is 5.78 Å². The number of Topliss-reactive ketones (excluding diaryl/α,β-unsaturated/α-hetero) is 1. The van der Waals surface area contributed by atoms with Gasteiger partial charge < -0.3 is 5.11 Å². The summed E-state index contributed by atoms with van der Waals surface area (Å²) in [4.78, 5) is 10.7. The van der Waals surface area contributed by atoms with E-state index in [1.165, 1.54) is 6.08 Å². The number of hydrogen-bond donors (Lipinski definition) is 1. The normalized spacial score (nSPS) is 19.0. The zero-order valence-corrected chi connectivity index (χ0v) is 5.22. The fourth-order valence-electron chi connectivity index (χ4n) is 0.735. The van der Waals surface area contributed by atoms with Crippen LogP contribution >= 0.6 is 0 Å². The first-order chi connectivity index (χ1) is 4.22. The van der Waals surface area contributed by atoms with Crippen molar-refractivity contribution in [1.82, 2.24) is 0 Å². The molecule has 9 heavy (non-hydrogen) atoms. The second-order valence-corrected chi connectivity index (χ2v) is 2.04. The van der Waals surface area contributed by atoms with Gasteiger partial charge in [0.05, 0.1) is 0 Å². The van der Waals surface area contributed by atoms with Crippen molar-refractivity contribution in [3.63, 3.8) is 0 Å². The topological polar surface area (TPSA) is 37.3 Å². The third kappa shape index (κ3) is 1.02. The fraction of sp³-hybridized carbons (Fsp3) is 0.286. The summed E-state index contributed by atoms with van der Waals surface area (Å²) in [6, 6.07) is 0. The lowest BCUT2D eigenvalue weighted by molar-refractivity contribution is -0.114. The van der Waals surface area contributed by atoms with E-state index >= 15 is 0 Å². The lowest BCUT2D eigenvalue weighted by Gasteiger charge is -2.03. The SMILES string of the molecule is CC1=CCC=C(O)C1=O. The second-order valence-electron chi connectivity index (χ2n) is 2.04. The summed E-state index contributed by atoms with van der Waals surface area (Å²) < 4.78 is 0. The van der Waals surface area contributed by atoms with E-state index in [4.69, 9.17) is 5.11 Å². The van der Waals surface area contributed by atoms with Crippen LogP contribution in [0.3, 0.4) is 0 Å². The third-order valence-electron chi connectivity index (χ3n) is 1.33. The van der Waals surface area contributed by atoms with E-state index in [0.29, 0.717) is 12.0 Å². The van der Waals surface area contributed by atoms with Crippen LogP contribution < -0.4 is 0 Å². The molecule has 0 atom stereocenters. The van der Waals surface area contributed by atoms with E-state index in [1.807, 2.05) is 0 Å². The molecule has 0 aliphatic heterocycles. The molecule has 0 spiro atoms. The molecule has 0 heterocycles. The van der Waals surface area contributed by atoms with Gasteiger partial charge in [0.15, 0.2) is 5.76 Å². The number of carbonyl (C=O) groups is 1. The van der Waals surface area contributed by atoms with Crippen LogP contribution in [0.25, 0.3) is 0 Å². The Morgan fingerprint density at radius 3 is 2.67 bits per heavy atom. The number of rotatable bonds is 0. The van der Waals surface area contributed by atoms with Crippen molar-refractivity contribution >= 4 is 5.78 Å². The molecular formula is C7H8O2. The zero-order valence-electron chi connectivity index (χ0n) is 5.22. The Balaban J connectivity index is 2.86. The van der Waals surface area contributed by atoms with Gasteiger partial charge in [-0.05, 0) is 25.0 Å². The average Bonchev–Trinajstić information content (AvgIpc) is 1.83. The highest BCUT2D eigenvalue weighted by atomic mass is 16.3. The van der Waals surface area contributed by atoms with Gasteiger partial charge in [-0.25, -0.2) is 0 Å². The van der Waals surface area contributed by atoms with Crippen LogP contribution in [0.15, 0.2) is 23.5 Å². The van der Waals surface area contributed by atoms with E-state index in [-0.39, 0.29) is 11.5 Å². The van der Waals surface area contributed by atoms with Crippen molar-refractivity contribution in [2.75, 3.05) is 0 Å². The molecule has 48 valence electrons. The molecule has 1 aliphatic rings. The maximum Gasteiger partial charge on any atom is 0.222 e. The standard InChI is InChI=1S/C7H8O2/c1-5-3-2-4-6(8)7(5)9/h3-4,8H,2H2,1H3. The molecule has 0 aromatic rings. The molecule has 0 amide bonds. The van der Waals surface area contributed by atoms with Crippen molar-refractivity contribution in [3.05, 3.63) is 23.5 Å². The molecule has 2 heteroatoms. The van der Waals surface area contributed by atoms with E-state index in [2.05, 4.69) is 0 Å². The molecule has 1 N–H and O–H groups in total. The highest BCUT2D eigenvalue weighted by Gasteiger charge is 2.11. The van der Waals surface area contributed by atoms with Crippen molar-refractivity contribution in [3.8, 4) is 0 Å². The quantitative estimate of drug-likeness (QED) is 0.529. The molecule has 0 fully saturated rings. The third-order valence-corrected chi connectivity index (χ3v) is 1.33. The van der Waals surface area contributed by atoms with Crippen LogP contribution in [0.5, 0.6) is 0 Å². The Morgan fingerprint density at radius 1 is 1.56 bits per heavy atom. The van der Waals surface area contributed by atoms with Gasteiger partial charge in [-0.15, -0.1) is 0 Å². The molecule has 0 saturated carbocycles. The lowest BCUT2D eigenvalue weighted by atomic mass is 10.1. The maximum absolute atomic E-state index is 10.7. The number of ketones is 1. The molecule has 0 aromatic heterocycles. The molecule has 1 rings (SSSR count). The molecule has 0 unspecified atom stereocenters. The summed E-state index contributed by atoms with van der Waals surface area (Å²) in [6.07, 6.45) is 3.97. The van der Waals surface area contributed by atoms with Crippen LogP contribution in [0, 0.1) is 0 Å². The molecule has 2 nitrogen and oxygen atoms in total. The van der Waals surface area contributed by atoms with Crippen molar-refractivity contribution < 1.29 is 9.90 Å². The molecule has 0 aromatic carbocycles.